The molecule has 0 spiro atoms. The summed E-state index contributed by atoms with van der Waals surface area (Å²) in [5.74, 6) is 0.851. The van der Waals surface area contributed by atoms with Gasteiger partial charge < -0.3 is 20.7 Å². The number of para-hydroxylation sites is 1. The van der Waals surface area contributed by atoms with Gasteiger partial charge in [-0.05, 0) is 48.7 Å². The van der Waals surface area contributed by atoms with Crippen LogP contribution in [-0.2, 0) is 19.1 Å². The molecule has 0 saturated carbocycles. The van der Waals surface area contributed by atoms with Crippen LogP contribution in [0.4, 0.5) is 29.5 Å². The van der Waals surface area contributed by atoms with Gasteiger partial charge in [0, 0.05) is 42.5 Å². The zero-order chi connectivity index (χ0) is 29.3. The maximum absolute atomic E-state index is 13.9. The summed E-state index contributed by atoms with van der Waals surface area (Å²) >= 11 is 0. The first-order chi connectivity index (χ1) is 19.5. The number of nitrogens with zero attached hydrogens (tertiary/aromatic N) is 4. The van der Waals surface area contributed by atoms with Crippen LogP contribution in [0.1, 0.15) is 36.2 Å². The van der Waals surface area contributed by atoms with Crippen molar-refractivity contribution >= 4 is 17.5 Å². The van der Waals surface area contributed by atoms with E-state index < -0.39 is 17.8 Å². The Hall–Kier alpha value is -4.54. The minimum absolute atomic E-state index is 0.109. The van der Waals surface area contributed by atoms with Gasteiger partial charge in [-0.3, -0.25) is 0 Å². The van der Waals surface area contributed by atoms with Crippen molar-refractivity contribution in [2.24, 2.45) is 11.7 Å². The molecule has 1 aliphatic rings. The Balaban J connectivity index is 1.66. The molecule has 41 heavy (non-hydrogen) atoms. The second kappa shape index (κ2) is 11.1. The van der Waals surface area contributed by atoms with E-state index in [1.807, 2.05) is 41.9 Å². The molecule has 11 heteroatoms. The Bertz CT molecular complexity index is 1560. The monoisotopic (exact) mass is 564 g/mol. The van der Waals surface area contributed by atoms with Gasteiger partial charge in [-0.1, -0.05) is 38.1 Å². The quantitative estimate of drug-likeness (QED) is 0.273. The molecule has 2 amide bonds. The summed E-state index contributed by atoms with van der Waals surface area (Å²) in [5.41, 5.74) is 9.79. The summed E-state index contributed by atoms with van der Waals surface area (Å²) in [4.78, 5) is 17.1. The van der Waals surface area contributed by atoms with E-state index in [0.717, 1.165) is 39.8 Å². The number of rotatable bonds is 7. The molecular weight excluding hydrogens is 533 g/mol. The van der Waals surface area contributed by atoms with Crippen LogP contribution in [0.5, 0.6) is 5.75 Å². The number of fused-ring (bicyclic) bond motifs is 1. The third-order valence-corrected chi connectivity index (χ3v) is 6.84. The second-order valence-electron chi connectivity index (χ2n) is 10.4. The number of amides is 2. The number of aryl methyl sites for hydroxylation is 1. The Labute approximate surface area is 235 Å². The number of anilines is 2. The molecule has 3 heterocycles. The van der Waals surface area contributed by atoms with Gasteiger partial charge >= 0.3 is 12.2 Å². The van der Waals surface area contributed by atoms with E-state index in [0.29, 0.717) is 36.9 Å². The van der Waals surface area contributed by atoms with E-state index in [1.54, 1.807) is 17.0 Å². The molecule has 3 N–H and O–H groups in total. The number of aromatic nitrogens is 3. The molecule has 2 aromatic carbocycles. The lowest BCUT2D eigenvalue weighted by atomic mass is 9.99. The van der Waals surface area contributed by atoms with Gasteiger partial charge in [0.15, 0.2) is 0 Å². The van der Waals surface area contributed by atoms with Crippen LogP contribution in [-0.4, -0.2) is 33.9 Å². The Morgan fingerprint density at radius 3 is 2.56 bits per heavy atom. The molecule has 5 rings (SSSR count). The largest absolute Gasteiger partial charge is 0.491 e. The number of carbonyl (C=O) groups is 1. The van der Waals surface area contributed by atoms with E-state index in [4.69, 9.17) is 15.6 Å². The highest BCUT2D eigenvalue weighted by atomic mass is 19.4. The lowest BCUT2D eigenvalue weighted by molar-refractivity contribution is -0.137. The van der Waals surface area contributed by atoms with Crippen molar-refractivity contribution in [3.8, 4) is 22.7 Å². The Kier molecular flexibility index (Phi) is 7.61. The number of nitrogens with one attached hydrogen (secondary N) is 1. The van der Waals surface area contributed by atoms with Crippen molar-refractivity contribution < 1.29 is 22.7 Å². The highest BCUT2D eigenvalue weighted by molar-refractivity contribution is 5.88. The number of alkyl halides is 3. The summed E-state index contributed by atoms with van der Waals surface area (Å²) < 4.78 is 49.7. The van der Waals surface area contributed by atoms with Gasteiger partial charge in [0.05, 0.1) is 23.6 Å². The van der Waals surface area contributed by atoms with Crippen LogP contribution in [0.25, 0.3) is 16.9 Å². The van der Waals surface area contributed by atoms with Crippen molar-refractivity contribution in [1.82, 2.24) is 14.8 Å². The maximum Gasteiger partial charge on any atom is 0.419 e. The van der Waals surface area contributed by atoms with Gasteiger partial charge in [-0.25, -0.2) is 14.5 Å². The predicted octanol–water partition coefficient (Wildman–Crippen LogP) is 6.35. The van der Waals surface area contributed by atoms with Crippen LogP contribution >= 0.6 is 0 Å². The molecule has 0 fully saturated rings. The highest BCUT2D eigenvalue weighted by Crippen LogP contribution is 2.40. The molecule has 4 aromatic rings. The van der Waals surface area contributed by atoms with Crippen LogP contribution in [0.2, 0.25) is 0 Å². The number of ether oxygens (including phenoxy) is 1. The van der Waals surface area contributed by atoms with Crippen molar-refractivity contribution in [3.05, 3.63) is 83.2 Å². The van der Waals surface area contributed by atoms with Gasteiger partial charge in [0.25, 0.3) is 0 Å². The summed E-state index contributed by atoms with van der Waals surface area (Å²) in [5, 5.41) is 7.55. The number of carbonyl (C=O) groups excluding carboxylic acids is 1. The first-order valence-corrected chi connectivity index (χ1v) is 13.3. The molecule has 0 aliphatic carbocycles. The minimum Gasteiger partial charge on any atom is -0.491 e. The number of urea groups is 1. The predicted molar refractivity (Wildman–Crippen MR) is 151 cm³/mol. The van der Waals surface area contributed by atoms with Crippen LogP contribution in [0, 0.1) is 12.8 Å². The van der Waals surface area contributed by atoms with Crippen LogP contribution < -0.4 is 20.7 Å². The zero-order valence-corrected chi connectivity index (χ0v) is 23.0. The normalized spacial score (nSPS) is 13.3. The summed E-state index contributed by atoms with van der Waals surface area (Å²) in [6, 6.07) is 14.5. The van der Waals surface area contributed by atoms with Crippen molar-refractivity contribution in [3.63, 3.8) is 0 Å². The fourth-order valence-corrected chi connectivity index (χ4v) is 5.01. The molecule has 1 aliphatic heterocycles. The molecule has 2 aromatic heterocycles. The van der Waals surface area contributed by atoms with Crippen molar-refractivity contribution in [2.75, 3.05) is 23.4 Å². The molecule has 8 nitrogen and oxygen atoms in total. The van der Waals surface area contributed by atoms with E-state index in [2.05, 4.69) is 24.1 Å². The van der Waals surface area contributed by atoms with E-state index in [1.165, 1.54) is 12.3 Å². The highest BCUT2D eigenvalue weighted by Gasteiger charge is 2.37. The zero-order valence-electron chi connectivity index (χ0n) is 23.0. The molecule has 0 radical (unpaired) electrons. The average Bonchev–Trinajstić information content (AvgIpc) is 3.29. The number of hydrogen-bond donors (Lipinski definition) is 2. The Morgan fingerprint density at radius 1 is 1.12 bits per heavy atom. The van der Waals surface area contributed by atoms with Gasteiger partial charge in [-0.2, -0.15) is 18.3 Å². The molecule has 0 bridgehead atoms. The maximum atomic E-state index is 13.9. The van der Waals surface area contributed by atoms with Gasteiger partial charge in [0.2, 0.25) is 0 Å². The summed E-state index contributed by atoms with van der Waals surface area (Å²) in [7, 11) is 0. The average molecular weight is 565 g/mol. The number of hydrogen-bond acceptors (Lipinski definition) is 5. The SMILES string of the molecule is Cc1cccc(OCC(C)C)c1-n1nc2c(c1-c1ccc(NC(N)=O)cc1)CN(c1ncccc1C(F)(F)F)CC2. The van der Waals surface area contributed by atoms with E-state index >= 15 is 0 Å². The van der Waals surface area contributed by atoms with Crippen molar-refractivity contribution in [1.29, 1.82) is 0 Å². The third kappa shape index (κ3) is 5.84. The number of pyridine rings is 1. The molecule has 0 unspecified atom stereocenters. The number of primary amides is 1. The van der Waals surface area contributed by atoms with E-state index in [9.17, 15) is 18.0 Å². The first-order valence-electron chi connectivity index (χ1n) is 13.3. The Morgan fingerprint density at radius 2 is 1.88 bits per heavy atom. The number of nitrogens with two attached hydrogens (primary N) is 1. The lowest BCUT2D eigenvalue weighted by Crippen LogP contribution is -2.32. The number of benzene rings is 2. The molecular formula is C30H31F3N6O2. The molecule has 0 atom stereocenters. The third-order valence-electron chi connectivity index (χ3n) is 6.84. The fraction of sp³-hybridized carbons (Fsp3) is 0.300. The van der Waals surface area contributed by atoms with Gasteiger partial charge in [0.1, 0.15) is 17.3 Å². The molecule has 0 saturated heterocycles. The first kappa shape index (κ1) is 28.0. The number of halogens is 3. The molecule has 214 valence electrons. The van der Waals surface area contributed by atoms with Crippen molar-refractivity contribution in [2.45, 2.75) is 39.9 Å². The summed E-state index contributed by atoms with van der Waals surface area (Å²) in [6.07, 6.45) is -2.73. The van der Waals surface area contributed by atoms with Gasteiger partial charge in [-0.15, -0.1) is 0 Å². The minimum atomic E-state index is -4.54. The second-order valence-corrected chi connectivity index (χ2v) is 10.4. The standard InChI is InChI=1S/C30H31F3N6O2/c1-18(2)17-41-25-8-4-6-19(3)26(25)39-27(20-9-11-21(12-10-20)36-29(34)40)22-16-38(15-13-24(22)37-39)28-23(30(31,32)33)7-5-14-35-28/h4-12,14,18H,13,15-17H2,1-3H3,(H3,34,36,40). The summed E-state index contributed by atoms with van der Waals surface area (Å²) in [6.45, 7) is 7.12. The van der Waals surface area contributed by atoms with E-state index in [-0.39, 0.29) is 12.4 Å². The smallest absolute Gasteiger partial charge is 0.419 e. The lowest BCUT2D eigenvalue weighted by Gasteiger charge is -2.30. The fourth-order valence-electron chi connectivity index (χ4n) is 5.01. The van der Waals surface area contributed by atoms with Crippen LogP contribution in [0.3, 0.4) is 0 Å². The van der Waals surface area contributed by atoms with Crippen LogP contribution in [0.15, 0.2) is 60.8 Å². The topological polar surface area (TPSA) is 98.3 Å².